The van der Waals surface area contributed by atoms with Crippen LogP contribution in [-0.4, -0.2) is 18.1 Å². The number of piperidine rings is 1. The van der Waals surface area contributed by atoms with Crippen molar-refractivity contribution in [2.24, 2.45) is 5.92 Å². The minimum atomic E-state index is 0.873. The number of H-pyrrole nitrogens is 1. The van der Waals surface area contributed by atoms with Gasteiger partial charge in [-0.3, -0.25) is 0 Å². The van der Waals surface area contributed by atoms with Gasteiger partial charge in [0.25, 0.3) is 0 Å². The van der Waals surface area contributed by atoms with Crippen molar-refractivity contribution in [3.8, 4) is 0 Å². The highest BCUT2D eigenvalue weighted by molar-refractivity contribution is 5.82. The molecule has 1 aromatic heterocycles. The summed E-state index contributed by atoms with van der Waals surface area (Å²) in [6.45, 7) is 2.42. The highest BCUT2D eigenvalue weighted by atomic mass is 14.9. The lowest BCUT2D eigenvalue weighted by Crippen LogP contribution is -2.29. The molecule has 17 heavy (non-hydrogen) atoms. The number of hydrogen-bond acceptors (Lipinski definition) is 1. The van der Waals surface area contributed by atoms with Crippen molar-refractivity contribution in [1.29, 1.82) is 0 Å². The molecule has 1 saturated heterocycles. The molecule has 2 heteroatoms. The van der Waals surface area contributed by atoms with Gasteiger partial charge in [-0.2, -0.15) is 0 Å². The molecular weight excluding hydrogens is 208 g/mol. The molecule has 0 unspecified atom stereocenters. The van der Waals surface area contributed by atoms with Crippen LogP contribution in [0, 0.1) is 5.92 Å². The molecule has 2 heterocycles. The molecule has 1 aromatic carbocycles. The molecular formula is C15H20N2. The second-order valence-corrected chi connectivity index (χ2v) is 5.11. The van der Waals surface area contributed by atoms with E-state index in [2.05, 4.69) is 40.8 Å². The maximum Gasteiger partial charge on any atom is 0.0456 e. The maximum absolute atomic E-state index is 3.49. The van der Waals surface area contributed by atoms with Gasteiger partial charge in [-0.1, -0.05) is 18.2 Å². The molecule has 0 bridgehead atoms. The number of aryl methyl sites for hydroxylation is 1. The Balaban J connectivity index is 1.68. The Hall–Kier alpha value is -1.28. The quantitative estimate of drug-likeness (QED) is 0.830. The molecule has 0 aliphatic carbocycles. The molecule has 1 aliphatic heterocycles. The molecule has 3 rings (SSSR count). The van der Waals surface area contributed by atoms with Crippen molar-refractivity contribution in [3.63, 3.8) is 0 Å². The van der Waals surface area contributed by atoms with Crippen LogP contribution in [-0.2, 0) is 6.42 Å². The topological polar surface area (TPSA) is 27.8 Å². The van der Waals surface area contributed by atoms with E-state index in [0.29, 0.717) is 0 Å². The Morgan fingerprint density at radius 1 is 1.24 bits per heavy atom. The summed E-state index contributed by atoms with van der Waals surface area (Å²) in [6, 6.07) is 8.59. The third-order valence-corrected chi connectivity index (χ3v) is 3.90. The fourth-order valence-corrected chi connectivity index (χ4v) is 2.87. The summed E-state index contributed by atoms with van der Waals surface area (Å²) in [5.41, 5.74) is 2.75. The predicted molar refractivity (Wildman–Crippen MR) is 72.2 cm³/mol. The monoisotopic (exact) mass is 228 g/mol. The number of aromatic amines is 1. The van der Waals surface area contributed by atoms with E-state index >= 15 is 0 Å². The lowest BCUT2D eigenvalue weighted by Gasteiger charge is -2.22. The zero-order valence-corrected chi connectivity index (χ0v) is 10.2. The van der Waals surface area contributed by atoms with Gasteiger partial charge < -0.3 is 10.3 Å². The minimum absolute atomic E-state index is 0.873. The normalized spacial score (nSPS) is 20.8. The Bertz CT molecular complexity index is 480. The second-order valence-electron chi connectivity index (χ2n) is 5.11. The van der Waals surface area contributed by atoms with E-state index in [1.165, 1.54) is 55.2 Å². The van der Waals surface area contributed by atoms with Gasteiger partial charge in [0.05, 0.1) is 0 Å². The SMILES string of the molecule is c1ccc2c(CC[C@@H]3CCCNC3)c[nH]c2c1. The predicted octanol–water partition coefficient (Wildman–Crippen LogP) is 3.10. The van der Waals surface area contributed by atoms with Crippen LogP contribution in [0.25, 0.3) is 10.9 Å². The van der Waals surface area contributed by atoms with E-state index < -0.39 is 0 Å². The number of fused-ring (bicyclic) bond motifs is 1. The van der Waals surface area contributed by atoms with Gasteiger partial charge in [-0.25, -0.2) is 0 Å². The van der Waals surface area contributed by atoms with Gasteiger partial charge in [0, 0.05) is 17.1 Å². The van der Waals surface area contributed by atoms with Gasteiger partial charge in [0.2, 0.25) is 0 Å². The third-order valence-electron chi connectivity index (χ3n) is 3.90. The molecule has 1 fully saturated rings. The molecule has 90 valence electrons. The van der Waals surface area contributed by atoms with Gasteiger partial charge in [-0.15, -0.1) is 0 Å². The van der Waals surface area contributed by atoms with Crippen LogP contribution in [0.4, 0.5) is 0 Å². The largest absolute Gasteiger partial charge is 0.361 e. The Kier molecular flexibility index (Phi) is 3.14. The minimum Gasteiger partial charge on any atom is -0.361 e. The molecule has 0 saturated carbocycles. The van der Waals surface area contributed by atoms with Crippen LogP contribution in [0.1, 0.15) is 24.8 Å². The number of rotatable bonds is 3. The van der Waals surface area contributed by atoms with Crippen LogP contribution in [0.15, 0.2) is 30.5 Å². The first kappa shape index (κ1) is 10.8. The summed E-state index contributed by atoms with van der Waals surface area (Å²) >= 11 is 0. The van der Waals surface area contributed by atoms with Crippen molar-refractivity contribution in [2.75, 3.05) is 13.1 Å². The van der Waals surface area contributed by atoms with Gasteiger partial charge in [0.1, 0.15) is 0 Å². The lowest BCUT2D eigenvalue weighted by atomic mass is 9.93. The van der Waals surface area contributed by atoms with E-state index in [0.717, 1.165) is 5.92 Å². The highest BCUT2D eigenvalue weighted by Gasteiger charge is 2.13. The summed E-state index contributed by atoms with van der Waals surface area (Å²) in [5, 5.41) is 4.89. The van der Waals surface area contributed by atoms with Crippen LogP contribution in [0.3, 0.4) is 0 Å². The number of hydrogen-bond donors (Lipinski definition) is 2. The molecule has 0 amide bonds. The van der Waals surface area contributed by atoms with E-state index in [-0.39, 0.29) is 0 Å². The molecule has 1 aliphatic rings. The smallest absolute Gasteiger partial charge is 0.0456 e. The third kappa shape index (κ3) is 2.37. The van der Waals surface area contributed by atoms with Gasteiger partial charge in [-0.05, 0) is 56.3 Å². The van der Waals surface area contributed by atoms with Crippen LogP contribution < -0.4 is 5.32 Å². The second kappa shape index (κ2) is 4.92. The fraction of sp³-hybridized carbons (Fsp3) is 0.467. The summed E-state index contributed by atoms with van der Waals surface area (Å²) < 4.78 is 0. The Labute approximate surface area is 102 Å². The molecule has 0 radical (unpaired) electrons. The van der Waals surface area contributed by atoms with Crippen molar-refractivity contribution >= 4 is 10.9 Å². The van der Waals surface area contributed by atoms with Crippen molar-refractivity contribution in [2.45, 2.75) is 25.7 Å². The zero-order valence-electron chi connectivity index (χ0n) is 10.2. The average Bonchev–Trinajstić information content (AvgIpc) is 2.81. The zero-order chi connectivity index (χ0) is 11.5. The van der Waals surface area contributed by atoms with E-state index in [9.17, 15) is 0 Å². The van der Waals surface area contributed by atoms with Crippen LogP contribution >= 0.6 is 0 Å². The molecule has 2 nitrogen and oxygen atoms in total. The summed E-state index contributed by atoms with van der Waals surface area (Å²) in [7, 11) is 0. The first-order chi connectivity index (χ1) is 8.43. The first-order valence-corrected chi connectivity index (χ1v) is 6.69. The van der Waals surface area contributed by atoms with Crippen LogP contribution in [0.5, 0.6) is 0 Å². The average molecular weight is 228 g/mol. The lowest BCUT2D eigenvalue weighted by molar-refractivity contribution is 0.358. The van der Waals surface area contributed by atoms with E-state index in [4.69, 9.17) is 0 Å². The van der Waals surface area contributed by atoms with E-state index in [1.54, 1.807) is 0 Å². The summed E-state index contributed by atoms with van der Waals surface area (Å²) in [5.74, 6) is 0.873. The fourth-order valence-electron chi connectivity index (χ4n) is 2.87. The molecule has 2 aromatic rings. The Morgan fingerprint density at radius 3 is 3.06 bits per heavy atom. The summed E-state index contributed by atoms with van der Waals surface area (Å²) in [4.78, 5) is 3.36. The molecule has 2 N–H and O–H groups in total. The van der Waals surface area contributed by atoms with Gasteiger partial charge >= 0.3 is 0 Å². The van der Waals surface area contributed by atoms with E-state index in [1.807, 2.05) is 0 Å². The standard InChI is InChI=1S/C15H20N2/c1-2-6-15-14(5-1)13(11-17-15)8-7-12-4-3-9-16-10-12/h1-2,5-6,11-12,16-17H,3-4,7-10H2/t12-/m0/s1. The molecule has 1 atom stereocenters. The molecule has 0 spiro atoms. The van der Waals surface area contributed by atoms with Crippen LogP contribution in [0.2, 0.25) is 0 Å². The summed E-state index contributed by atoms with van der Waals surface area (Å²) in [6.07, 6.45) is 7.44. The number of nitrogens with one attached hydrogen (secondary N) is 2. The number of benzene rings is 1. The van der Waals surface area contributed by atoms with Crippen molar-refractivity contribution in [1.82, 2.24) is 10.3 Å². The number of aromatic nitrogens is 1. The van der Waals surface area contributed by atoms with Crippen molar-refractivity contribution < 1.29 is 0 Å². The first-order valence-electron chi connectivity index (χ1n) is 6.69. The number of para-hydroxylation sites is 1. The highest BCUT2D eigenvalue weighted by Crippen LogP contribution is 2.22. The van der Waals surface area contributed by atoms with Crippen molar-refractivity contribution in [3.05, 3.63) is 36.0 Å². The van der Waals surface area contributed by atoms with Gasteiger partial charge in [0.15, 0.2) is 0 Å². The maximum atomic E-state index is 3.49. The Morgan fingerprint density at radius 2 is 2.18 bits per heavy atom.